The summed E-state index contributed by atoms with van der Waals surface area (Å²) >= 11 is 0. The fourth-order valence-electron chi connectivity index (χ4n) is 9.68. The SMILES string of the molecule is CC1(C)c2ccccc2-c2ccc(-c3c4oc5c(N(c6ccc(-c7ccccc7)cc6)c6cccc7ccccc67)cccc5c4cc4oc5ccccc5c34)cc21. The van der Waals surface area contributed by atoms with Crippen LogP contribution in [0.4, 0.5) is 17.1 Å². The molecule has 0 N–H and O–H groups in total. The molecule has 0 amide bonds. The molecule has 0 unspecified atom stereocenters. The summed E-state index contributed by atoms with van der Waals surface area (Å²) in [6.45, 7) is 4.68. The number of rotatable bonds is 5. The lowest BCUT2D eigenvalue weighted by Crippen LogP contribution is -2.14. The topological polar surface area (TPSA) is 29.5 Å². The Morgan fingerprint density at radius 1 is 0.414 bits per heavy atom. The van der Waals surface area contributed by atoms with Crippen LogP contribution in [0.1, 0.15) is 25.0 Å². The third-order valence-electron chi connectivity index (χ3n) is 12.5. The van der Waals surface area contributed by atoms with Crippen LogP contribution >= 0.6 is 0 Å². The summed E-state index contributed by atoms with van der Waals surface area (Å²) < 4.78 is 14.1. The predicted octanol–water partition coefficient (Wildman–Crippen LogP) is 15.7. The monoisotopic (exact) mass is 743 g/mol. The normalized spacial score (nSPS) is 13.1. The summed E-state index contributed by atoms with van der Waals surface area (Å²) in [6, 6.07) is 67.4. The predicted molar refractivity (Wildman–Crippen MR) is 242 cm³/mol. The number of fused-ring (bicyclic) bond motifs is 10. The van der Waals surface area contributed by atoms with E-state index in [0.29, 0.717) is 0 Å². The van der Waals surface area contributed by atoms with Crippen molar-refractivity contribution in [2.45, 2.75) is 19.3 Å². The van der Waals surface area contributed by atoms with Gasteiger partial charge in [-0.3, -0.25) is 0 Å². The van der Waals surface area contributed by atoms with Gasteiger partial charge in [-0.1, -0.05) is 159 Å². The van der Waals surface area contributed by atoms with E-state index < -0.39 is 0 Å². The van der Waals surface area contributed by atoms with Gasteiger partial charge in [0.25, 0.3) is 0 Å². The van der Waals surface area contributed by atoms with Crippen molar-refractivity contribution in [3.05, 3.63) is 199 Å². The summed E-state index contributed by atoms with van der Waals surface area (Å²) in [4.78, 5) is 2.36. The van der Waals surface area contributed by atoms with Crippen molar-refractivity contribution in [3.8, 4) is 33.4 Å². The van der Waals surface area contributed by atoms with E-state index in [9.17, 15) is 0 Å². The zero-order valence-electron chi connectivity index (χ0n) is 32.2. The Balaban J connectivity index is 1.14. The molecular formula is C55H37NO2. The first kappa shape index (κ1) is 32.8. The molecule has 0 fully saturated rings. The van der Waals surface area contributed by atoms with Gasteiger partial charge in [0.1, 0.15) is 16.7 Å². The van der Waals surface area contributed by atoms with Gasteiger partial charge in [-0.15, -0.1) is 0 Å². The van der Waals surface area contributed by atoms with Crippen molar-refractivity contribution in [2.75, 3.05) is 4.90 Å². The minimum Gasteiger partial charge on any atom is -0.456 e. The van der Waals surface area contributed by atoms with Gasteiger partial charge in [-0.25, -0.2) is 0 Å². The molecule has 0 aliphatic heterocycles. The molecule has 58 heavy (non-hydrogen) atoms. The number of hydrogen-bond donors (Lipinski definition) is 0. The highest BCUT2D eigenvalue weighted by molar-refractivity contribution is 6.24. The highest BCUT2D eigenvalue weighted by Gasteiger charge is 2.36. The molecule has 11 aromatic rings. The van der Waals surface area contributed by atoms with Crippen molar-refractivity contribution >= 4 is 71.7 Å². The van der Waals surface area contributed by atoms with E-state index in [-0.39, 0.29) is 5.41 Å². The second-order valence-corrected chi connectivity index (χ2v) is 16.0. The molecule has 0 spiro atoms. The van der Waals surface area contributed by atoms with E-state index in [0.717, 1.165) is 77.5 Å². The first-order valence-electron chi connectivity index (χ1n) is 20.0. The number of benzene rings is 9. The highest BCUT2D eigenvalue weighted by atomic mass is 16.3. The average Bonchev–Trinajstić information content (AvgIpc) is 3.91. The Kier molecular flexibility index (Phi) is 6.98. The van der Waals surface area contributed by atoms with Gasteiger partial charge in [-0.2, -0.15) is 0 Å². The van der Waals surface area contributed by atoms with Gasteiger partial charge in [0.2, 0.25) is 0 Å². The molecule has 0 atom stereocenters. The van der Waals surface area contributed by atoms with Gasteiger partial charge in [0.05, 0.1) is 11.4 Å². The molecule has 9 aromatic carbocycles. The Labute approximate surface area is 336 Å². The lowest BCUT2D eigenvalue weighted by Gasteiger charge is -2.27. The molecule has 0 radical (unpaired) electrons. The Hall–Kier alpha value is -7.36. The fraction of sp³-hybridized carbons (Fsp3) is 0.0545. The van der Waals surface area contributed by atoms with Gasteiger partial charge in [0.15, 0.2) is 5.58 Å². The van der Waals surface area contributed by atoms with Crippen LogP contribution in [0.3, 0.4) is 0 Å². The lowest BCUT2D eigenvalue weighted by molar-refractivity contribution is 0.660. The first-order chi connectivity index (χ1) is 28.5. The van der Waals surface area contributed by atoms with Crippen LogP contribution in [0.15, 0.2) is 197 Å². The quantitative estimate of drug-likeness (QED) is 0.176. The Morgan fingerprint density at radius 2 is 1.07 bits per heavy atom. The number of nitrogens with zero attached hydrogens (tertiary/aromatic N) is 1. The highest BCUT2D eigenvalue weighted by Crippen LogP contribution is 2.53. The second-order valence-electron chi connectivity index (χ2n) is 16.0. The van der Waals surface area contributed by atoms with E-state index in [1.165, 1.54) is 38.8 Å². The van der Waals surface area contributed by atoms with Gasteiger partial charge < -0.3 is 13.7 Å². The minimum absolute atomic E-state index is 0.149. The van der Waals surface area contributed by atoms with Gasteiger partial charge >= 0.3 is 0 Å². The van der Waals surface area contributed by atoms with Crippen LogP contribution in [-0.2, 0) is 5.41 Å². The molecule has 1 aliphatic rings. The van der Waals surface area contributed by atoms with Crippen molar-refractivity contribution < 1.29 is 8.83 Å². The Morgan fingerprint density at radius 3 is 1.95 bits per heavy atom. The number of para-hydroxylation sites is 2. The maximum Gasteiger partial charge on any atom is 0.159 e. The van der Waals surface area contributed by atoms with Gasteiger partial charge in [0, 0.05) is 43.6 Å². The molecule has 3 nitrogen and oxygen atoms in total. The van der Waals surface area contributed by atoms with E-state index in [1.807, 2.05) is 6.07 Å². The van der Waals surface area contributed by atoms with Crippen molar-refractivity contribution in [1.82, 2.24) is 0 Å². The van der Waals surface area contributed by atoms with E-state index in [2.05, 4.69) is 201 Å². The second kappa shape index (κ2) is 12.3. The number of furan rings is 2. The van der Waals surface area contributed by atoms with Crippen LogP contribution in [0.25, 0.3) is 88.0 Å². The maximum atomic E-state index is 7.37. The summed E-state index contributed by atoms with van der Waals surface area (Å²) in [5.74, 6) is 0. The van der Waals surface area contributed by atoms with Crippen LogP contribution < -0.4 is 4.90 Å². The molecule has 0 bridgehead atoms. The van der Waals surface area contributed by atoms with Crippen LogP contribution in [0.2, 0.25) is 0 Å². The summed E-state index contributed by atoms with van der Waals surface area (Å²) in [5.41, 5.74) is 16.2. The minimum atomic E-state index is -0.149. The molecule has 0 saturated heterocycles. The molecule has 274 valence electrons. The molecule has 2 heterocycles. The zero-order valence-corrected chi connectivity index (χ0v) is 32.2. The largest absolute Gasteiger partial charge is 0.456 e. The summed E-state index contributed by atoms with van der Waals surface area (Å²) in [6.07, 6.45) is 0. The molecule has 12 rings (SSSR count). The molecule has 2 aromatic heterocycles. The molecule has 0 saturated carbocycles. The lowest BCUT2D eigenvalue weighted by atomic mass is 9.81. The molecular weight excluding hydrogens is 707 g/mol. The van der Waals surface area contributed by atoms with E-state index >= 15 is 0 Å². The molecule has 3 heteroatoms. The first-order valence-corrected chi connectivity index (χ1v) is 20.0. The van der Waals surface area contributed by atoms with Crippen molar-refractivity contribution in [2.24, 2.45) is 0 Å². The van der Waals surface area contributed by atoms with E-state index in [4.69, 9.17) is 8.83 Å². The fourth-order valence-corrected chi connectivity index (χ4v) is 9.68. The average molecular weight is 744 g/mol. The maximum absolute atomic E-state index is 7.37. The number of anilines is 3. The number of hydrogen-bond acceptors (Lipinski definition) is 3. The summed E-state index contributed by atoms with van der Waals surface area (Å²) in [7, 11) is 0. The standard InChI is InChI=1S/C55H37NO2/c1-55(2)45-22-10-8-19-40(45)41-31-28-37(32-46(41)55)51-52-43-20-9-11-25-49(43)57-50(52)33-44-42-21-13-24-48(53(42)58-54(44)51)56(47-23-12-17-36-16-6-7-18-39(36)47)38-29-26-35(27-30-38)34-14-4-3-5-15-34/h3-33H,1-2H3. The smallest absolute Gasteiger partial charge is 0.159 e. The third kappa shape index (κ3) is 4.74. The Bertz CT molecular complexity index is 3420. The van der Waals surface area contributed by atoms with Crippen LogP contribution in [-0.4, -0.2) is 0 Å². The molecule has 1 aliphatic carbocycles. The van der Waals surface area contributed by atoms with E-state index in [1.54, 1.807) is 0 Å². The van der Waals surface area contributed by atoms with Crippen molar-refractivity contribution in [1.29, 1.82) is 0 Å². The zero-order chi connectivity index (χ0) is 38.5. The van der Waals surface area contributed by atoms with Gasteiger partial charge in [-0.05, 0) is 86.8 Å². The van der Waals surface area contributed by atoms with Crippen LogP contribution in [0, 0.1) is 0 Å². The van der Waals surface area contributed by atoms with Crippen molar-refractivity contribution in [3.63, 3.8) is 0 Å². The summed E-state index contributed by atoms with van der Waals surface area (Å²) in [5, 5.41) is 6.55. The van der Waals surface area contributed by atoms with Crippen LogP contribution in [0.5, 0.6) is 0 Å². The third-order valence-corrected chi connectivity index (χ3v) is 12.5.